The van der Waals surface area contributed by atoms with Gasteiger partial charge in [-0.2, -0.15) is 0 Å². The van der Waals surface area contributed by atoms with Gasteiger partial charge < -0.3 is 20.3 Å². The fraction of sp³-hybridized carbons (Fsp3) is 0.286. The molecule has 0 aliphatic rings. The summed E-state index contributed by atoms with van der Waals surface area (Å²) in [5, 5.41) is 19.7. The molecule has 1 amide bonds. The quantitative estimate of drug-likeness (QED) is 0.647. The zero-order valence-electron chi connectivity index (χ0n) is 11.4. The molecule has 114 valence electrons. The van der Waals surface area contributed by atoms with E-state index in [1.165, 1.54) is 25.3 Å². The third kappa shape index (κ3) is 5.23. The molecule has 0 heterocycles. The molecule has 1 aromatic carbocycles. The van der Waals surface area contributed by atoms with Crippen LogP contribution in [-0.2, 0) is 9.59 Å². The van der Waals surface area contributed by atoms with Gasteiger partial charge in [0.1, 0.15) is 6.04 Å². The number of nitrogens with one attached hydrogen (secondary N) is 1. The van der Waals surface area contributed by atoms with Crippen molar-refractivity contribution in [2.24, 2.45) is 0 Å². The summed E-state index contributed by atoms with van der Waals surface area (Å²) in [5.74, 6) is -2.36. The van der Waals surface area contributed by atoms with Gasteiger partial charge in [-0.1, -0.05) is 6.07 Å². The van der Waals surface area contributed by atoms with E-state index >= 15 is 0 Å². The zero-order chi connectivity index (χ0) is 15.8. The minimum atomic E-state index is -1.23. The van der Waals surface area contributed by atoms with Crippen LogP contribution in [0.4, 0.5) is 4.39 Å². The molecule has 3 N–H and O–H groups in total. The normalized spacial score (nSPS) is 12.1. The molecule has 0 saturated carbocycles. The number of aliphatic carboxylic acids is 1. The van der Waals surface area contributed by atoms with E-state index < -0.39 is 23.7 Å². The number of carboxylic acids is 1. The van der Waals surface area contributed by atoms with Crippen LogP contribution in [0.3, 0.4) is 0 Å². The average molecular weight is 297 g/mol. The molecular weight excluding hydrogens is 281 g/mol. The molecule has 1 atom stereocenters. The number of carboxylic acid groups (broad SMARTS) is 1. The number of hydrogen-bond donors (Lipinski definition) is 3. The Balaban J connectivity index is 2.69. The highest BCUT2D eigenvalue weighted by Gasteiger charge is 2.17. The van der Waals surface area contributed by atoms with Gasteiger partial charge in [0, 0.05) is 19.1 Å². The van der Waals surface area contributed by atoms with E-state index in [0.29, 0.717) is 5.56 Å². The Labute approximate surface area is 120 Å². The summed E-state index contributed by atoms with van der Waals surface area (Å²) >= 11 is 0. The first-order valence-corrected chi connectivity index (χ1v) is 6.13. The van der Waals surface area contributed by atoms with Gasteiger partial charge in [0.2, 0.25) is 5.91 Å². The maximum absolute atomic E-state index is 13.4. The van der Waals surface area contributed by atoms with Crippen molar-refractivity contribution in [2.75, 3.05) is 13.7 Å². The average Bonchev–Trinajstić information content (AvgIpc) is 2.44. The van der Waals surface area contributed by atoms with Gasteiger partial charge >= 0.3 is 5.97 Å². The molecule has 6 nitrogen and oxygen atoms in total. The predicted molar refractivity (Wildman–Crippen MR) is 73.3 cm³/mol. The van der Waals surface area contributed by atoms with Crippen LogP contribution in [0.25, 0.3) is 6.08 Å². The first-order chi connectivity index (χ1) is 9.97. The highest BCUT2D eigenvalue weighted by molar-refractivity contribution is 5.94. The van der Waals surface area contributed by atoms with Crippen LogP contribution in [0.5, 0.6) is 5.75 Å². The number of halogens is 1. The Bertz CT molecular complexity index is 544. The summed E-state index contributed by atoms with van der Waals surface area (Å²) in [6.07, 6.45) is 2.34. The minimum Gasteiger partial charge on any atom is -0.494 e. The van der Waals surface area contributed by atoms with Crippen molar-refractivity contribution in [1.82, 2.24) is 5.32 Å². The molecule has 0 fully saturated rings. The van der Waals surface area contributed by atoms with E-state index in [9.17, 15) is 14.0 Å². The molecular formula is C14H16FNO5. The fourth-order valence-electron chi connectivity index (χ4n) is 1.56. The van der Waals surface area contributed by atoms with Crippen molar-refractivity contribution in [3.8, 4) is 5.75 Å². The molecule has 7 heteroatoms. The predicted octanol–water partition coefficient (Wildman–Crippen LogP) is 0.799. The lowest BCUT2D eigenvalue weighted by atomic mass is 10.2. The number of carbonyl (C=O) groups excluding carboxylic acids is 1. The standard InChI is InChI=1S/C14H16FNO5/c1-21-12-4-2-9(8-10(12)15)3-5-13(18)16-11(6-7-17)14(19)20/h2-5,8,11,17H,6-7H2,1H3,(H,16,18)(H,19,20)/b5-3+/t11-/m1/s1. The maximum atomic E-state index is 13.4. The van der Waals surface area contributed by atoms with Crippen molar-refractivity contribution in [2.45, 2.75) is 12.5 Å². The second-order valence-corrected chi connectivity index (χ2v) is 4.14. The van der Waals surface area contributed by atoms with Crippen LogP contribution in [0.1, 0.15) is 12.0 Å². The zero-order valence-corrected chi connectivity index (χ0v) is 11.4. The molecule has 0 unspecified atom stereocenters. The lowest BCUT2D eigenvalue weighted by molar-refractivity contribution is -0.141. The number of amides is 1. The number of aliphatic hydroxyl groups excluding tert-OH is 1. The Kier molecular flexibility index (Phi) is 6.35. The second-order valence-electron chi connectivity index (χ2n) is 4.14. The van der Waals surface area contributed by atoms with Gasteiger partial charge in [0.25, 0.3) is 0 Å². The molecule has 1 rings (SSSR count). The summed E-state index contributed by atoms with van der Waals surface area (Å²) in [6, 6.07) is 2.98. The van der Waals surface area contributed by atoms with E-state index in [-0.39, 0.29) is 18.8 Å². The molecule has 0 aliphatic carbocycles. The summed E-state index contributed by atoms with van der Waals surface area (Å²) in [7, 11) is 1.34. The van der Waals surface area contributed by atoms with Crippen LogP contribution < -0.4 is 10.1 Å². The van der Waals surface area contributed by atoms with E-state index in [1.54, 1.807) is 6.07 Å². The SMILES string of the molecule is COc1ccc(/C=C/C(=O)N[C@H](CCO)C(=O)O)cc1F. The summed E-state index contributed by atoms with van der Waals surface area (Å²) < 4.78 is 18.2. The molecule has 0 aromatic heterocycles. The van der Waals surface area contributed by atoms with Gasteiger partial charge in [-0.25, -0.2) is 9.18 Å². The summed E-state index contributed by atoms with van der Waals surface area (Å²) in [4.78, 5) is 22.4. The van der Waals surface area contributed by atoms with Crippen molar-refractivity contribution < 1.29 is 28.9 Å². The number of aliphatic hydroxyl groups is 1. The number of benzene rings is 1. The van der Waals surface area contributed by atoms with E-state index in [0.717, 1.165) is 6.08 Å². The first-order valence-electron chi connectivity index (χ1n) is 6.13. The third-order valence-corrected chi connectivity index (χ3v) is 2.64. The van der Waals surface area contributed by atoms with Crippen molar-refractivity contribution in [1.29, 1.82) is 0 Å². The van der Waals surface area contributed by atoms with Crippen LogP contribution in [0.15, 0.2) is 24.3 Å². The fourth-order valence-corrected chi connectivity index (χ4v) is 1.56. The number of hydrogen-bond acceptors (Lipinski definition) is 4. The van der Waals surface area contributed by atoms with Gasteiger partial charge in [0.15, 0.2) is 11.6 Å². The van der Waals surface area contributed by atoms with E-state index in [2.05, 4.69) is 5.32 Å². The Hall–Kier alpha value is -2.41. The lowest BCUT2D eigenvalue weighted by Gasteiger charge is -2.11. The van der Waals surface area contributed by atoms with Gasteiger partial charge in [0.05, 0.1) is 7.11 Å². The Morgan fingerprint density at radius 2 is 2.19 bits per heavy atom. The van der Waals surface area contributed by atoms with Crippen LogP contribution in [0.2, 0.25) is 0 Å². The third-order valence-electron chi connectivity index (χ3n) is 2.64. The van der Waals surface area contributed by atoms with Crippen molar-refractivity contribution in [3.63, 3.8) is 0 Å². The second kappa shape index (κ2) is 8.01. The van der Waals surface area contributed by atoms with Gasteiger partial charge in [-0.3, -0.25) is 4.79 Å². The minimum absolute atomic E-state index is 0.0884. The molecule has 1 aromatic rings. The first kappa shape index (κ1) is 16.6. The van der Waals surface area contributed by atoms with Crippen molar-refractivity contribution >= 4 is 18.0 Å². The lowest BCUT2D eigenvalue weighted by Crippen LogP contribution is -2.40. The van der Waals surface area contributed by atoms with Gasteiger partial charge in [-0.15, -0.1) is 0 Å². The number of carbonyl (C=O) groups is 2. The number of methoxy groups -OCH3 is 1. The Morgan fingerprint density at radius 3 is 2.71 bits per heavy atom. The van der Waals surface area contributed by atoms with E-state index in [4.69, 9.17) is 14.9 Å². The van der Waals surface area contributed by atoms with E-state index in [1.807, 2.05) is 0 Å². The largest absolute Gasteiger partial charge is 0.494 e. The van der Waals surface area contributed by atoms with Gasteiger partial charge in [-0.05, 0) is 23.8 Å². The maximum Gasteiger partial charge on any atom is 0.326 e. The number of ether oxygens (including phenoxy) is 1. The monoisotopic (exact) mass is 297 g/mol. The smallest absolute Gasteiger partial charge is 0.326 e. The highest BCUT2D eigenvalue weighted by atomic mass is 19.1. The highest BCUT2D eigenvalue weighted by Crippen LogP contribution is 2.18. The molecule has 0 spiro atoms. The molecule has 0 radical (unpaired) electrons. The molecule has 21 heavy (non-hydrogen) atoms. The summed E-state index contributed by atoms with van der Waals surface area (Å²) in [6.45, 7) is -0.356. The van der Waals surface area contributed by atoms with Crippen LogP contribution >= 0.6 is 0 Å². The van der Waals surface area contributed by atoms with Crippen LogP contribution in [-0.4, -0.2) is 41.8 Å². The Morgan fingerprint density at radius 1 is 1.48 bits per heavy atom. The van der Waals surface area contributed by atoms with Crippen LogP contribution in [0, 0.1) is 5.82 Å². The molecule has 0 bridgehead atoms. The molecule has 0 saturated heterocycles. The summed E-state index contributed by atoms with van der Waals surface area (Å²) in [5.41, 5.74) is 0.428. The topological polar surface area (TPSA) is 95.9 Å². The molecule has 0 aliphatic heterocycles. The van der Waals surface area contributed by atoms with Crippen molar-refractivity contribution in [3.05, 3.63) is 35.7 Å². The number of rotatable bonds is 7.